The van der Waals surface area contributed by atoms with Crippen LogP contribution in [0.15, 0.2) is 10.6 Å². The summed E-state index contributed by atoms with van der Waals surface area (Å²) in [5.74, 6) is 4.15. The maximum Gasteiger partial charge on any atom is 0.451 e. The molecular weight excluding hydrogens is 279 g/mol. The molecule has 0 aliphatic rings. The Morgan fingerprint density at radius 3 is 2.50 bits per heavy atom. The normalized spacial score (nSPS) is 11.4. The summed E-state index contributed by atoms with van der Waals surface area (Å²) in [5, 5.41) is 6.17. The van der Waals surface area contributed by atoms with Gasteiger partial charge < -0.3 is 15.3 Å². The van der Waals surface area contributed by atoms with Gasteiger partial charge in [-0.15, -0.1) is 0 Å². The zero-order valence-electron chi connectivity index (χ0n) is 10.2. The molecule has 20 heavy (non-hydrogen) atoms. The summed E-state index contributed by atoms with van der Waals surface area (Å²) in [4.78, 5) is 10.5. The fraction of sp³-hybridized carbons (Fsp3) is 0.333. The van der Waals surface area contributed by atoms with E-state index in [-0.39, 0.29) is 24.1 Å². The monoisotopic (exact) mass is 289 g/mol. The Balaban J connectivity index is 2.18. The minimum atomic E-state index is -4.68. The number of hydrogen-bond acceptors (Lipinski definition) is 8. The summed E-state index contributed by atoms with van der Waals surface area (Å²) < 4.78 is 42.6. The number of nitrogen functional groups attached to an aromatic ring is 1. The zero-order valence-corrected chi connectivity index (χ0v) is 10.2. The number of nitrogens with two attached hydrogens (primary N) is 1. The molecule has 0 aliphatic carbocycles. The van der Waals surface area contributed by atoms with Crippen molar-refractivity contribution >= 4 is 11.6 Å². The Morgan fingerprint density at radius 2 is 1.95 bits per heavy atom. The van der Waals surface area contributed by atoms with Gasteiger partial charge in [0.25, 0.3) is 0 Å². The van der Waals surface area contributed by atoms with Crippen LogP contribution in [0.2, 0.25) is 0 Å². The maximum absolute atomic E-state index is 12.6. The fourth-order valence-corrected chi connectivity index (χ4v) is 1.32. The highest BCUT2D eigenvalue weighted by atomic mass is 19.4. The molecule has 0 aromatic carbocycles. The van der Waals surface area contributed by atoms with E-state index in [0.29, 0.717) is 5.82 Å². The number of hydrogen-bond donors (Lipinski definition) is 3. The summed E-state index contributed by atoms with van der Waals surface area (Å²) in [7, 11) is 0. The van der Waals surface area contributed by atoms with Gasteiger partial charge in [-0.25, -0.2) is 15.8 Å². The minimum absolute atomic E-state index is 0.0269. The average Bonchev–Trinajstić information content (AvgIpc) is 2.81. The number of anilines is 2. The summed E-state index contributed by atoms with van der Waals surface area (Å²) in [6.07, 6.45) is -4.68. The van der Waals surface area contributed by atoms with Crippen molar-refractivity contribution in [3.8, 4) is 0 Å². The van der Waals surface area contributed by atoms with E-state index in [2.05, 4.69) is 25.4 Å². The second kappa shape index (κ2) is 5.28. The highest BCUT2D eigenvalue weighted by Gasteiger charge is 2.35. The van der Waals surface area contributed by atoms with E-state index in [1.54, 1.807) is 6.92 Å². The molecule has 2 heterocycles. The molecule has 8 nitrogen and oxygen atoms in total. The molecule has 0 radical (unpaired) electrons. The highest BCUT2D eigenvalue weighted by molar-refractivity contribution is 5.47. The van der Waals surface area contributed by atoms with Gasteiger partial charge in [0, 0.05) is 6.07 Å². The number of aryl methyl sites for hydroxylation is 1. The number of alkyl halides is 3. The van der Waals surface area contributed by atoms with E-state index in [4.69, 9.17) is 10.4 Å². The Morgan fingerprint density at radius 1 is 1.25 bits per heavy atom. The SMILES string of the molecule is Cc1noc(CNc2cc(NN)nc(C(F)(F)F)n2)n1. The topological polar surface area (TPSA) is 115 Å². The van der Waals surface area contributed by atoms with Crippen LogP contribution in [-0.4, -0.2) is 20.1 Å². The lowest BCUT2D eigenvalue weighted by molar-refractivity contribution is -0.144. The molecule has 0 unspecified atom stereocenters. The van der Waals surface area contributed by atoms with Crippen LogP contribution >= 0.6 is 0 Å². The predicted molar refractivity (Wildman–Crippen MR) is 61.2 cm³/mol. The summed E-state index contributed by atoms with van der Waals surface area (Å²) in [5.41, 5.74) is 2.04. The fourth-order valence-electron chi connectivity index (χ4n) is 1.32. The van der Waals surface area contributed by atoms with Gasteiger partial charge in [-0.3, -0.25) is 0 Å². The van der Waals surface area contributed by atoms with Crippen molar-refractivity contribution in [2.45, 2.75) is 19.6 Å². The molecule has 0 bridgehead atoms. The number of halogens is 3. The molecule has 0 saturated heterocycles. The smallest absolute Gasteiger partial charge is 0.361 e. The molecule has 4 N–H and O–H groups in total. The van der Waals surface area contributed by atoms with Crippen LogP contribution in [0.1, 0.15) is 17.5 Å². The minimum Gasteiger partial charge on any atom is -0.361 e. The van der Waals surface area contributed by atoms with Crippen molar-refractivity contribution in [2.75, 3.05) is 10.7 Å². The second-order valence-electron chi connectivity index (χ2n) is 3.69. The van der Waals surface area contributed by atoms with Crippen LogP contribution in [0.4, 0.5) is 24.8 Å². The van der Waals surface area contributed by atoms with Gasteiger partial charge in [0.05, 0.1) is 6.54 Å². The van der Waals surface area contributed by atoms with Crippen molar-refractivity contribution in [3.05, 3.63) is 23.6 Å². The van der Waals surface area contributed by atoms with E-state index in [1.807, 2.05) is 5.43 Å². The standard InChI is InChI=1S/C9H10F3N7O/c1-4-15-7(20-19-4)3-14-5-2-6(18-13)17-8(16-5)9(10,11)12/h2H,3,13H2,1H3,(H2,14,16,17,18). The first kappa shape index (κ1) is 14.0. The molecule has 0 amide bonds. The van der Waals surface area contributed by atoms with Gasteiger partial charge in [-0.05, 0) is 6.92 Å². The molecule has 108 valence electrons. The third-order valence-corrected chi connectivity index (χ3v) is 2.12. The molecule has 2 aromatic heterocycles. The van der Waals surface area contributed by atoms with Crippen LogP contribution < -0.4 is 16.6 Å². The third kappa shape index (κ3) is 3.32. The van der Waals surface area contributed by atoms with E-state index in [9.17, 15) is 13.2 Å². The van der Waals surface area contributed by atoms with E-state index < -0.39 is 12.0 Å². The Bertz CT molecular complexity index is 597. The van der Waals surface area contributed by atoms with Crippen molar-refractivity contribution in [3.63, 3.8) is 0 Å². The van der Waals surface area contributed by atoms with Crippen LogP contribution in [0, 0.1) is 6.92 Å². The lowest BCUT2D eigenvalue weighted by atomic mass is 10.4. The summed E-state index contributed by atoms with van der Waals surface area (Å²) in [6, 6.07) is 1.22. The molecule has 2 aromatic rings. The van der Waals surface area contributed by atoms with Crippen LogP contribution in [0.25, 0.3) is 0 Å². The quantitative estimate of drug-likeness (QED) is 0.566. The van der Waals surface area contributed by atoms with Gasteiger partial charge in [-0.1, -0.05) is 5.16 Å². The zero-order chi connectivity index (χ0) is 14.8. The predicted octanol–water partition coefficient (Wildman–Crippen LogP) is 1.08. The van der Waals surface area contributed by atoms with E-state index >= 15 is 0 Å². The Kier molecular flexibility index (Phi) is 3.70. The molecule has 2 rings (SSSR count). The maximum atomic E-state index is 12.6. The lowest BCUT2D eigenvalue weighted by Gasteiger charge is -2.10. The van der Waals surface area contributed by atoms with Gasteiger partial charge in [0.15, 0.2) is 5.82 Å². The van der Waals surface area contributed by atoms with E-state index in [0.717, 1.165) is 0 Å². The second-order valence-corrected chi connectivity index (χ2v) is 3.69. The first-order valence-corrected chi connectivity index (χ1v) is 5.34. The number of aromatic nitrogens is 4. The Labute approximate surface area is 110 Å². The van der Waals surface area contributed by atoms with Crippen molar-refractivity contribution in [1.29, 1.82) is 0 Å². The van der Waals surface area contributed by atoms with Gasteiger partial charge in [0.2, 0.25) is 11.7 Å². The largest absolute Gasteiger partial charge is 0.451 e. The molecule has 11 heteroatoms. The first-order valence-electron chi connectivity index (χ1n) is 5.34. The van der Waals surface area contributed by atoms with Gasteiger partial charge >= 0.3 is 6.18 Å². The molecule has 0 fully saturated rings. The van der Waals surface area contributed by atoms with Crippen molar-refractivity contribution in [1.82, 2.24) is 20.1 Å². The third-order valence-electron chi connectivity index (χ3n) is 2.12. The van der Waals surface area contributed by atoms with Crippen molar-refractivity contribution in [2.24, 2.45) is 5.84 Å². The van der Waals surface area contributed by atoms with Crippen LogP contribution in [0.3, 0.4) is 0 Å². The van der Waals surface area contributed by atoms with Crippen LogP contribution in [0.5, 0.6) is 0 Å². The number of hydrazine groups is 1. The van der Waals surface area contributed by atoms with Crippen LogP contribution in [-0.2, 0) is 12.7 Å². The summed E-state index contributed by atoms with van der Waals surface area (Å²) >= 11 is 0. The Hall–Kier alpha value is -2.43. The van der Waals surface area contributed by atoms with E-state index in [1.165, 1.54) is 6.07 Å². The molecule has 0 atom stereocenters. The number of nitrogens with one attached hydrogen (secondary N) is 2. The highest BCUT2D eigenvalue weighted by Crippen LogP contribution is 2.28. The van der Waals surface area contributed by atoms with Gasteiger partial charge in [0.1, 0.15) is 11.6 Å². The molecular formula is C9H10F3N7O. The van der Waals surface area contributed by atoms with Gasteiger partial charge in [-0.2, -0.15) is 18.2 Å². The molecule has 0 aliphatic heterocycles. The molecule has 0 saturated carbocycles. The van der Waals surface area contributed by atoms with Crippen molar-refractivity contribution < 1.29 is 17.7 Å². The molecule has 0 spiro atoms. The first-order chi connectivity index (χ1) is 9.38. The lowest BCUT2D eigenvalue weighted by Crippen LogP contribution is -2.17. The summed E-state index contributed by atoms with van der Waals surface area (Å²) in [6.45, 7) is 1.65. The number of rotatable bonds is 4. The number of nitrogens with zero attached hydrogens (tertiary/aromatic N) is 4. The average molecular weight is 289 g/mol.